The lowest BCUT2D eigenvalue weighted by Crippen LogP contribution is -2.45. The van der Waals surface area contributed by atoms with Crippen LogP contribution in [0.2, 0.25) is 0 Å². The van der Waals surface area contributed by atoms with Crippen LogP contribution >= 0.6 is 0 Å². The highest BCUT2D eigenvalue weighted by Gasteiger charge is 2.20. The summed E-state index contributed by atoms with van der Waals surface area (Å²) in [6.07, 6.45) is 1.93. The topological polar surface area (TPSA) is 61.4 Å². The van der Waals surface area contributed by atoms with E-state index in [1.165, 1.54) is 4.31 Å². The third-order valence-electron chi connectivity index (χ3n) is 3.00. The molecule has 6 heteroatoms. The Morgan fingerprint density at radius 1 is 1.17 bits per heavy atom. The number of hydrogen-bond acceptors (Lipinski definition) is 3. The summed E-state index contributed by atoms with van der Waals surface area (Å²) in [4.78, 5) is 0. The first kappa shape index (κ1) is 17.8. The third-order valence-corrected chi connectivity index (χ3v) is 4.67. The van der Waals surface area contributed by atoms with Crippen LogP contribution in [0.1, 0.15) is 40.5 Å². The minimum atomic E-state index is -3.34. The Kier molecular flexibility index (Phi) is 8.77. The Hall–Kier alpha value is -0.170. The van der Waals surface area contributed by atoms with Gasteiger partial charge in [-0.2, -0.15) is 17.4 Å². The number of rotatable bonds is 10. The molecule has 0 saturated heterocycles. The predicted molar refractivity (Wildman–Crippen MR) is 76.8 cm³/mol. The van der Waals surface area contributed by atoms with E-state index in [0.29, 0.717) is 12.5 Å². The molecule has 0 aromatic rings. The largest absolute Gasteiger partial charge is 0.317 e. The highest BCUT2D eigenvalue weighted by atomic mass is 32.2. The fraction of sp³-hybridized carbons (Fsp3) is 1.00. The molecule has 5 nitrogen and oxygen atoms in total. The van der Waals surface area contributed by atoms with Gasteiger partial charge in [-0.05, 0) is 38.8 Å². The van der Waals surface area contributed by atoms with E-state index < -0.39 is 10.2 Å². The van der Waals surface area contributed by atoms with Crippen LogP contribution in [0.15, 0.2) is 0 Å². The van der Waals surface area contributed by atoms with Crippen molar-refractivity contribution in [1.29, 1.82) is 0 Å². The fourth-order valence-electron chi connectivity index (χ4n) is 1.31. The van der Waals surface area contributed by atoms with Gasteiger partial charge >= 0.3 is 0 Å². The van der Waals surface area contributed by atoms with Crippen molar-refractivity contribution in [2.45, 2.75) is 46.6 Å². The van der Waals surface area contributed by atoms with E-state index in [-0.39, 0.29) is 6.04 Å². The third kappa shape index (κ3) is 7.31. The highest BCUT2D eigenvalue weighted by Crippen LogP contribution is 2.04. The molecule has 0 aromatic heterocycles. The Bertz CT molecular complexity index is 304. The van der Waals surface area contributed by atoms with E-state index in [9.17, 15) is 8.42 Å². The monoisotopic (exact) mass is 279 g/mol. The molecule has 0 aliphatic carbocycles. The minimum absolute atomic E-state index is 0.0457. The lowest BCUT2D eigenvalue weighted by molar-refractivity contribution is 0.417. The van der Waals surface area contributed by atoms with E-state index in [4.69, 9.17) is 0 Å². The number of hydrogen-bond donors (Lipinski definition) is 2. The second-order valence-electron chi connectivity index (χ2n) is 5.08. The number of nitrogens with zero attached hydrogens (tertiary/aromatic N) is 1. The summed E-state index contributed by atoms with van der Waals surface area (Å²) >= 11 is 0. The minimum Gasteiger partial charge on any atom is -0.317 e. The van der Waals surface area contributed by atoms with Crippen LogP contribution in [0, 0.1) is 5.92 Å². The first-order valence-corrected chi connectivity index (χ1v) is 8.19. The summed E-state index contributed by atoms with van der Waals surface area (Å²) in [5.41, 5.74) is 0. The van der Waals surface area contributed by atoms with E-state index >= 15 is 0 Å². The second kappa shape index (κ2) is 8.85. The normalized spacial score (nSPS) is 14.4. The van der Waals surface area contributed by atoms with Crippen LogP contribution in [0.4, 0.5) is 0 Å². The van der Waals surface area contributed by atoms with Gasteiger partial charge in [-0.3, -0.25) is 0 Å². The van der Waals surface area contributed by atoms with E-state index in [0.717, 1.165) is 25.9 Å². The summed E-state index contributed by atoms with van der Waals surface area (Å²) < 4.78 is 28.0. The molecule has 1 atom stereocenters. The molecule has 0 saturated carbocycles. The highest BCUT2D eigenvalue weighted by molar-refractivity contribution is 7.87. The van der Waals surface area contributed by atoms with Crippen LogP contribution in [0.5, 0.6) is 0 Å². The van der Waals surface area contributed by atoms with Crippen molar-refractivity contribution in [2.24, 2.45) is 5.92 Å². The molecule has 0 amide bonds. The van der Waals surface area contributed by atoms with Gasteiger partial charge in [0.2, 0.25) is 0 Å². The maximum absolute atomic E-state index is 12.0. The van der Waals surface area contributed by atoms with Crippen molar-refractivity contribution < 1.29 is 8.42 Å². The van der Waals surface area contributed by atoms with Gasteiger partial charge in [0, 0.05) is 19.6 Å². The Labute approximate surface area is 113 Å². The van der Waals surface area contributed by atoms with Gasteiger partial charge in [0.25, 0.3) is 10.2 Å². The van der Waals surface area contributed by atoms with Crippen molar-refractivity contribution >= 4 is 10.2 Å². The summed E-state index contributed by atoms with van der Waals surface area (Å²) in [5, 5.41) is 3.26. The number of nitrogens with one attached hydrogen (secondary N) is 2. The van der Waals surface area contributed by atoms with Crippen molar-refractivity contribution in [3.8, 4) is 0 Å². The molecule has 0 aliphatic heterocycles. The Morgan fingerprint density at radius 2 is 1.78 bits per heavy atom. The maximum Gasteiger partial charge on any atom is 0.279 e. The second-order valence-corrected chi connectivity index (χ2v) is 6.89. The molecule has 0 rings (SSSR count). The van der Waals surface area contributed by atoms with Crippen LogP contribution in [-0.4, -0.2) is 45.4 Å². The summed E-state index contributed by atoms with van der Waals surface area (Å²) in [7, 11) is -1.72. The van der Waals surface area contributed by atoms with Crippen LogP contribution < -0.4 is 10.0 Å². The summed E-state index contributed by atoms with van der Waals surface area (Å²) in [6.45, 7) is 10.4. The molecule has 0 heterocycles. The molecule has 0 spiro atoms. The van der Waals surface area contributed by atoms with Gasteiger partial charge in [0.15, 0.2) is 0 Å². The van der Waals surface area contributed by atoms with Crippen molar-refractivity contribution in [3.63, 3.8) is 0 Å². The predicted octanol–water partition coefficient (Wildman–Crippen LogP) is 1.19. The van der Waals surface area contributed by atoms with Gasteiger partial charge in [0.05, 0.1) is 0 Å². The lowest BCUT2D eigenvalue weighted by Gasteiger charge is -2.23. The van der Waals surface area contributed by atoms with E-state index in [1.807, 2.05) is 20.8 Å². The van der Waals surface area contributed by atoms with Gasteiger partial charge in [0.1, 0.15) is 0 Å². The molecule has 2 N–H and O–H groups in total. The zero-order valence-corrected chi connectivity index (χ0v) is 13.2. The quantitative estimate of drug-likeness (QED) is 0.591. The zero-order chi connectivity index (χ0) is 14.2. The average Bonchev–Trinajstić information content (AvgIpc) is 2.27. The van der Waals surface area contributed by atoms with Gasteiger partial charge in [-0.25, -0.2) is 0 Å². The van der Waals surface area contributed by atoms with E-state index in [1.54, 1.807) is 7.05 Å². The smallest absolute Gasteiger partial charge is 0.279 e. The molecule has 0 bridgehead atoms. The van der Waals surface area contributed by atoms with Crippen molar-refractivity contribution in [3.05, 3.63) is 0 Å². The molecular weight excluding hydrogens is 250 g/mol. The average molecular weight is 279 g/mol. The fourth-order valence-corrected chi connectivity index (χ4v) is 2.60. The van der Waals surface area contributed by atoms with E-state index in [2.05, 4.69) is 17.0 Å². The summed E-state index contributed by atoms with van der Waals surface area (Å²) in [6, 6.07) is -0.0457. The maximum atomic E-state index is 12.0. The Balaban J connectivity index is 4.03. The van der Waals surface area contributed by atoms with Gasteiger partial charge in [-0.15, -0.1) is 0 Å². The van der Waals surface area contributed by atoms with Crippen molar-refractivity contribution in [2.75, 3.05) is 26.7 Å². The molecule has 0 aromatic carbocycles. The van der Waals surface area contributed by atoms with Crippen LogP contribution in [0.25, 0.3) is 0 Å². The van der Waals surface area contributed by atoms with Crippen molar-refractivity contribution in [1.82, 2.24) is 14.3 Å². The standard InChI is InChI=1S/C12H29N3O2S/c1-6-8-13-9-7-10-15(5)18(16,17)14-12(4)11(2)3/h11-14H,6-10H2,1-5H3. The molecule has 110 valence electrons. The molecule has 0 radical (unpaired) electrons. The first-order valence-electron chi connectivity index (χ1n) is 6.75. The zero-order valence-electron chi connectivity index (χ0n) is 12.4. The molecule has 0 aliphatic rings. The van der Waals surface area contributed by atoms with Gasteiger partial charge < -0.3 is 5.32 Å². The first-order chi connectivity index (χ1) is 8.31. The van der Waals surface area contributed by atoms with Crippen LogP contribution in [0.3, 0.4) is 0 Å². The molecular formula is C12H29N3O2S. The molecule has 0 fully saturated rings. The lowest BCUT2D eigenvalue weighted by atomic mass is 10.1. The van der Waals surface area contributed by atoms with Gasteiger partial charge in [-0.1, -0.05) is 20.8 Å². The van der Waals surface area contributed by atoms with Crippen LogP contribution in [-0.2, 0) is 10.2 Å². The summed E-state index contributed by atoms with van der Waals surface area (Å²) in [5.74, 6) is 0.291. The Morgan fingerprint density at radius 3 is 2.28 bits per heavy atom. The molecule has 18 heavy (non-hydrogen) atoms. The molecule has 1 unspecified atom stereocenters. The SMILES string of the molecule is CCCNCCCN(C)S(=O)(=O)NC(C)C(C)C.